The van der Waals surface area contributed by atoms with Crippen molar-refractivity contribution in [3.8, 4) is 17.1 Å². The molecule has 0 spiro atoms. The van der Waals surface area contributed by atoms with Crippen molar-refractivity contribution in [1.29, 1.82) is 0 Å². The van der Waals surface area contributed by atoms with Crippen molar-refractivity contribution in [2.24, 2.45) is 0 Å². The molecule has 0 atom stereocenters. The summed E-state index contributed by atoms with van der Waals surface area (Å²) in [6, 6.07) is 6.86. The van der Waals surface area contributed by atoms with Crippen LogP contribution in [0.3, 0.4) is 0 Å². The van der Waals surface area contributed by atoms with Gasteiger partial charge in [-0.15, -0.1) is 13.2 Å². The first-order chi connectivity index (χ1) is 12.9. The minimum Gasteiger partial charge on any atom is -0.452 e. The first-order valence-electron chi connectivity index (χ1n) is 7.45. The van der Waals surface area contributed by atoms with E-state index in [4.69, 9.17) is 9.26 Å². The highest BCUT2D eigenvalue weighted by atomic mass is 32.1. The number of aromatic nitrogens is 2. The van der Waals surface area contributed by atoms with Crippen molar-refractivity contribution in [2.45, 2.75) is 13.0 Å². The van der Waals surface area contributed by atoms with Crippen LogP contribution in [-0.2, 0) is 16.1 Å². The summed E-state index contributed by atoms with van der Waals surface area (Å²) < 4.78 is 50.0. The fourth-order valence-corrected chi connectivity index (χ4v) is 2.58. The number of hydrogen-bond acceptors (Lipinski definition) is 7. The van der Waals surface area contributed by atoms with Gasteiger partial charge in [0.2, 0.25) is 5.82 Å². The van der Waals surface area contributed by atoms with Crippen LogP contribution in [0.4, 0.5) is 13.2 Å². The van der Waals surface area contributed by atoms with E-state index in [2.05, 4.69) is 14.9 Å². The van der Waals surface area contributed by atoms with Crippen LogP contribution >= 0.6 is 11.3 Å². The average molecular weight is 396 g/mol. The van der Waals surface area contributed by atoms with E-state index in [-0.39, 0.29) is 18.2 Å². The molecule has 0 aliphatic rings. The van der Waals surface area contributed by atoms with Gasteiger partial charge in [-0.2, -0.15) is 16.3 Å². The average Bonchev–Trinajstić information content (AvgIpc) is 3.29. The van der Waals surface area contributed by atoms with Gasteiger partial charge in [-0.3, -0.25) is 0 Å². The molecule has 6 nitrogen and oxygen atoms in total. The maximum Gasteiger partial charge on any atom is 0.573 e. The molecule has 0 saturated carbocycles. The Morgan fingerprint density at radius 3 is 2.67 bits per heavy atom. The normalized spacial score (nSPS) is 11.7. The topological polar surface area (TPSA) is 74.5 Å². The van der Waals surface area contributed by atoms with Crippen molar-refractivity contribution in [1.82, 2.24) is 10.1 Å². The zero-order valence-corrected chi connectivity index (χ0v) is 14.3. The number of hydrogen-bond donors (Lipinski definition) is 0. The lowest BCUT2D eigenvalue weighted by atomic mass is 10.2. The van der Waals surface area contributed by atoms with Gasteiger partial charge in [0.15, 0.2) is 6.61 Å². The highest BCUT2D eigenvalue weighted by Crippen LogP contribution is 2.23. The maximum atomic E-state index is 12.1. The molecule has 3 rings (SSSR count). The second-order valence-electron chi connectivity index (χ2n) is 5.08. The van der Waals surface area contributed by atoms with E-state index < -0.39 is 12.3 Å². The third-order valence-corrected chi connectivity index (χ3v) is 3.79. The van der Waals surface area contributed by atoms with Crippen LogP contribution in [0.5, 0.6) is 5.75 Å². The summed E-state index contributed by atoms with van der Waals surface area (Å²) in [7, 11) is 0. The van der Waals surface area contributed by atoms with Gasteiger partial charge in [-0.1, -0.05) is 17.3 Å². The molecular formula is C17H11F3N2O4S. The highest BCUT2D eigenvalue weighted by Gasteiger charge is 2.30. The first kappa shape index (κ1) is 18.6. The smallest absolute Gasteiger partial charge is 0.452 e. The standard InChI is InChI=1S/C17H11F3N2O4S/c18-17(19,20)25-13-4-1-11(2-5-13)3-6-15(23)24-9-14-21-16(22-26-14)12-7-8-27-10-12/h1-8,10H,9H2/b6-3+. The van der Waals surface area contributed by atoms with Gasteiger partial charge in [0, 0.05) is 17.0 Å². The molecule has 27 heavy (non-hydrogen) atoms. The first-order valence-corrected chi connectivity index (χ1v) is 8.39. The molecule has 1 aromatic carbocycles. The van der Waals surface area contributed by atoms with E-state index in [0.717, 1.165) is 23.8 Å². The minimum atomic E-state index is -4.75. The summed E-state index contributed by atoms with van der Waals surface area (Å²) in [5.41, 5.74) is 1.30. The summed E-state index contributed by atoms with van der Waals surface area (Å²) in [5.74, 6) is -0.466. The van der Waals surface area contributed by atoms with Crippen LogP contribution in [0.15, 0.2) is 51.7 Å². The number of thiophene rings is 1. The predicted octanol–water partition coefficient (Wildman–Crippen LogP) is 4.45. The summed E-state index contributed by atoms with van der Waals surface area (Å²) >= 11 is 1.49. The van der Waals surface area contributed by atoms with E-state index in [9.17, 15) is 18.0 Å². The van der Waals surface area contributed by atoms with Crippen molar-refractivity contribution in [3.63, 3.8) is 0 Å². The zero-order valence-electron chi connectivity index (χ0n) is 13.5. The Labute approximate surface area is 154 Å². The van der Waals surface area contributed by atoms with Gasteiger partial charge in [-0.05, 0) is 35.2 Å². The van der Waals surface area contributed by atoms with Gasteiger partial charge in [0.25, 0.3) is 5.89 Å². The molecule has 0 radical (unpaired) electrons. The number of ether oxygens (including phenoxy) is 2. The molecule has 0 aliphatic heterocycles. The Bertz CT molecular complexity index is 919. The molecule has 0 saturated heterocycles. The predicted molar refractivity (Wildman–Crippen MR) is 89.6 cm³/mol. The Hall–Kier alpha value is -3.14. The Balaban J connectivity index is 1.50. The molecule has 0 fully saturated rings. The minimum absolute atomic E-state index is 0.145. The van der Waals surface area contributed by atoms with Crippen molar-refractivity contribution in [3.05, 3.63) is 58.6 Å². The lowest BCUT2D eigenvalue weighted by Crippen LogP contribution is -2.16. The van der Waals surface area contributed by atoms with Crippen molar-refractivity contribution in [2.75, 3.05) is 0 Å². The van der Waals surface area contributed by atoms with E-state index in [1.807, 2.05) is 16.8 Å². The third-order valence-electron chi connectivity index (χ3n) is 3.11. The number of alkyl halides is 3. The summed E-state index contributed by atoms with van der Waals surface area (Å²) in [6.07, 6.45) is -2.22. The molecule has 140 valence electrons. The Morgan fingerprint density at radius 1 is 1.22 bits per heavy atom. The van der Waals surface area contributed by atoms with E-state index in [1.54, 1.807) is 0 Å². The summed E-state index contributed by atoms with van der Waals surface area (Å²) in [4.78, 5) is 15.8. The number of rotatable bonds is 6. The second-order valence-corrected chi connectivity index (χ2v) is 5.86. The molecule has 10 heteroatoms. The molecule has 0 unspecified atom stereocenters. The molecule has 0 amide bonds. The fraction of sp³-hybridized carbons (Fsp3) is 0.118. The number of nitrogens with zero attached hydrogens (tertiary/aromatic N) is 2. The number of benzene rings is 1. The van der Waals surface area contributed by atoms with Gasteiger partial charge in [-0.25, -0.2) is 4.79 Å². The number of carbonyl (C=O) groups excluding carboxylic acids is 1. The van der Waals surface area contributed by atoms with E-state index in [0.29, 0.717) is 11.4 Å². The molecule has 3 aromatic rings. The highest BCUT2D eigenvalue weighted by molar-refractivity contribution is 7.08. The van der Waals surface area contributed by atoms with Gasteiger partial charge < -0.3 is 14.0 Å². The van der Waals surface area contributed by atoms with Crippen molar-refractivity contribution < 1.29 is 32.0 Å². The van der Waals surface area contributed by atoms with Crippen LogP contribution in [0, 0.1) is 0 Å². The molecular weight excluding hydrogens is 385 g/mol. The molecule has 2 aromatic heterocycles. The fourth-order valence-electron chi connectivity index (χ4n) is 1.95. The van der Waals surface area contributed by atoms with E-state index >= 15 is 0 Å². The zero-order chi connectivity index (χ0) is 19.3. The molecule has 0 bridgehead atoms. The van der Waals surface area contributed by atoms with Crippen LogP contribution in [0.1, 0.15) is 11.5 Å². The molecule has 0 N–H and O–H groups in total. The molecule has 2 heterocycles. The Kier molecular flexibility index (Phi) is 5.55. The largest absolute Gasteiger partial charge is 0.573 e. The van der Waals surface area contributed by atoms with Crippen LogP contribution in [-0.4, -0.2) is 22.5 Å². The van der Waals surface area contributed by atoms with Crippen molar-refractivity contribution >= 4 is 23.4 Å². The lowest BCUT2D eigenvalue weighted by Gasteiger charge is -2.08. The molecule has 0 aliphatic carbocycles. The monoisotopic (exact) mass is 396 g/mol. The van der Waals surface area contributed by atoms with Crippen LogP contribution in [0.25, 0.3) is 17.5 Å². The summed E-state index contributed by atoms with van der Waals surface area (Å²) in [5, 5.41) is 7.51. The quantitative estimate of drug-likeness (QED) is 0.453. The van der Waals surface area contributed by atoms with E-state index in [1.165, 1.54) is 29.5 Å². The third kappa shape index (κ3) is 5.68. The van der Waals surface area contributed by atoms with Crippen LogP contribution in [0.2, 0.25) is 0 Å². The maximum absolute atomic E-state index is 12.1. The lowest BCUT2D eigenvalue weighted by molar-refractivity contribution is -0.274. The summed E-state index contributed by atoms with van der Waals surface area (Å²) in [6.45, 7) is -0.196. The number of carbonyl (C=O) groups is 1. The van der Waals surface area contributed by atoms with Crippen LogP contribution < -0.4 is 4.74 Å². The Morgan fingerprint density at radius 2 is 2.00 bits per heavy atom. The SMILES string of the molecule is O=C(/C=C/c1ccc(OC(F)(F)F)cc1)OCc1nc(-c2ccsc2)no1. The van der Waals surface area contributed by atoms with Gasteiger partial charge in [0.1, 0.15) is 5.75 Å². The number of halogens is 3. The second kappa shape index (κ2) is 8.04. The van der Waals surface area contributed by atoms with Gasteiger partial charge in [0.05, 0.1) is 0 Å². The number of esters is 1. The van der Waals surface area contributed by atoms with Gasteiger partial charge >= 0.3 is 12.3 Å².